The number of methoxy groups -OCH3 is 1. The molecule has 0 amide bonds. The molecule has 2 rings (SSSR count). The summed E-state index contributed by atoms with van der Waals surface area (Å²) in [7, 11) is 3.76. The summed E-state index contributed by atoms with van der Waals surface area (Å²) in [6.07, 6.45) is 1.15. The molecule has 5 heteroatoms. The molecule has 1 aromatic heterocycles. The van der Waals surface area contributed by atoms with Crippen molar-refractivity contribution in [1.82, 2.24) is 9.88 Å². The van der Waals surface area contributed by atoms with Crippen molar-refractivity contribution in [2.24, 2.45) is 0 Å². The number of nitrogens with zero attached hydrogens (tertiary/aromatic N) is 3. The number of ether oxygens (including phenoxy) is 1. The molecule has 1 aliphatic heterocycles. The summed E-state index contributed by atoms with van der Waals surface area (Å²) in [5.41, 5.74) is 6.39. The zero-order chi connectivity index (χ0) is 13.1. The number of nitrogens with two attached hydrogens (primary N) is 1. The van der Waals surface area contributed by atoms with Crippen LogP contribution in [0, 0.1) is 0 Å². The first-order valence-corrected chi connectivity index (χ1v) is 6.37. The summed E-state index contributed by atoms with van der Waals surface area (Å²) in [4.78, 5) is 9.18. The first-order chi connectivity index (χ1) is 8.61. The highest BCUT2D eigenvalue weighted by molar-refractivity contribution is 5.55. The molecule has 1 unspecified atom stereocenters. The van der Waals surface area contributed by atoms with Crippen LogP contribution in [0.4, 0.5) is 11.5 Å². The van der Waals surface area contributed by atoms with E-state index in [4.69, 9.17) is 10.5 Å². The molecule has 0 saturated carbocycles. The fraction of sp³-hybridized carbons (Fsp3) is 0.615. The molecule has 0 aromatic carbocycles. The monoisotopic (exact) mass is 250 g/mol. The minimum absolute atomic E-state index is 0.443. The van der Waals surface area contributed by atoms with E-state index < -0.39 is 0 Å². The van der Waals surface area contributed by atoms with Gasteiger partial charge in [0.2, 0.25) is 5.88 Å². The third kappa shape index (κ3) is 2.67. The maximum absolute atomic E-state index is 5.80. The molecule has 18 heavy (non-hydrogen) atoms. The minimum Gasteiger partial charge on any atom is -0.479 e. The van der Waals surface area contributed by atoms with Crippen molar-refractivity contribution >= 4 is 11.5 Å². The highest BCUT2D eigenvalue weighted by atomic mass is 16.5. The smallest absolute Gasteiger partial charge is 0.238 e. The third-order valence-electron chi connectivity index (χ3n) is 3.41. The van der Waals surface area contributed by atoms with Crippen molar-refractivity contribution in [2.75, 3.05) is 44.4 Å². The highest BCUT2D eigenvalue weighted by Crippen LogP contribution is 2.25. The van der Waals surface area contributed by atoms with E-state index >= 15 is 0 Å². The molecule has 0 radical (unpaired) electrons. The lowest BCUT2D eigenvalue weighted by molar-refractivity contribution is 0.337. The van der Waals surface area contributed by atoms with Crippen LogP contribution in [-0.4, -0.2) is 49.7 Å². The van der Waals surface area contributed by atoms with Gasteiger partial charge < -0.3 is 20.3 Å². The van der Waals surface area contributed by atoms with E-state index in [2.05, 4.69) is 28.8 Å². The van der Waals surface area contributed by atoms with Crippen LogP contribution in [0.5, 0.6) is 5.88 Å². The molecule has 5 nitrogen and oxygen atoms in total. The third-order valence-corrected chi connectivity index (χ3v) is 3.41. The minimum atomic E-state index is 0.443. The Hall–Kier alpha value is -1.49. The van der Waals surface area contributed by atoms with E-state index in [-0.39, 0.29) is 0 Å². The number of anilines is 2. The summed E-state index contributed by atoms with van der Waals surface area (Å²) < 4.78 is 5.19. The summed E-state index contributed by atoms with van der Waals surface area (Å²) in [6, 6.07) is 4.28. The zero-order valence-corrected chi connectivity index (χ0v) is 11.4. The van der Waals surface area contributed by atoms with Gasteiger partial charge in [-0.1, -0.05) is 0 Å². The van der Waals surface area contributed by atoms with Crippen LogP contribution in [0.15, 0.2) is 12.1 Å². The van der Waals surface area contributed by atoms with Crippen LogP contribution in [-0.2, 0) is 0 Å². The topological polar surface area (TPSA) is 54.6 Å². The van der Waals surface area contributed by atoms with Crippen molar-refractivity contribution in [3.63, 3.8) is 0 Å². The Morgan fingerprint density at radius 3 is 2.89 bits per heavy atom. The van der Waals surface area contributed by atoms with Crippen molar-refractivity contribution in [2.45, 2.75) is 19.4 Å². The van der Waals surface area contributed by atoms with Gasteiger partial charge in [-0.3, -0.25) is 0 Å². The van der Waals surface area contributed by atoms with Gasteiger partial charge in [0.05, 0.1) is 12.8 Å². The zero-order valence-electron chi connectivity index (χ0n) is 11.4. The molecule has 1 fully saturated rings. The van der Waals surface area contributed by atoms with Gasteiger partial charge in [-0.05, 0) is 39.1 Å². The van der Waals surface area contributed by atoms with E-state index in [1.807, 2.05) is 12.1 Å². The number of aromatic nitrogens is 1. The molecular weight excluding hydrogens is 228 g/mol. The molecule has 1 atom stereocenters. The molecule has 100 valence electrons. The molecular formula is C13H22N4O. The summed E-state index contributed by atoms with van der Waals surface area (Å²) >= 11 is 0. The van der Waals surface area contributed by atoms with E-state index in [0.717, 1.165) is 31.9 Å². The second kappa shape index (κ2) is 5.44. The highest BCUT2D eigenvalue weighted by Gasteiger charge is 2.21. The van der Waals surface area contributed by atoms with E-state index in [1.165, 1.54) is 0 Å². The van der Waals surface area contributed by atoms with Crippen LogP contribution >= 0.6 is 0 Å². The fourth-order valence-corrected chi connectivity index (χ4v) is 2.48. The van der Waals surface area contributed by atoms with E-state index in [9.17, 15) is 0 Å². The number of hydrogen-bond donors (Lipinski definition) is 1. The normalized spacial score (nSPS) is 21.7. The average molecular weight is 250 g/mol. The predicted molar refractivity (Wildman–Crippen MR) is 74.1 cm³/mol. The SMILES string of the molecule is COc1nc(N2CCCN(C)CC2C)ccc1N. The number of hydrogen-bond acceptors (Lipinski definition) is 5. The lowest BCUT2D eigenvalue weighted by Gasteiger charge is -2.29. The Bertz CT molecular complexity index is 410. The second-order valence-electron chi connectivity index (χ2n) is 4.93. The average Bonchev–Trinajstić information content (AvgIpc) is 2.51. The van der Waals surface area contributed by atoms with Gasteiger partial charge in [-0.15, -0.1) is 0 Å². The quantitative estimate of drug-likeness (QED) is 0.855. The van der Waals surface area contributed by atoms with Gasteiger partial charge in [-0.25, -0.2) is 0 Å². The van der Waals surface area contributed by atoms with Gasteiger partial charge >= 0.3 is 0 Å². The molecule has 0 aliphatic carbocycles. The molecule has 0 bridgehead atoms. The van der Waals surface area contributed by atoms with E-state index in [0.29, 0.717) is 17.6 Å². The van der Waals surface area contributed by atoms with Crippen LogP contribution in [0.1, 0.15) is 13.3 Å². The summed E-state index contributed by atoms with van der Waals surface area (Å²) in [5.74, 6) is 1.46. The van der Waals surface area contributed by atoms with Gasteiger partial charge in [-0.2, -0.15) is 4.98 Å². The standard InChI is InChI=1S/C13H22N4O/c1-10-9-16(2)7-4-8-17(10)12-6-5-11(14)13(15-12)18-3/h5-6,10H,4,7-9,14H2,1-3H3. The van der Waals surface area contributed by atoms with Crippen LogP contribution in [0.2, 0.25) is 0 Å². The summed E-state index contributed by atoms with van der Waals surface area (Å²) in [5, 5.41) is 0. The molecule has 1 saturated heterocycles. The maximum atomic E-state index is 5.80. The Kier molecular flexibility index (Phi) is 3.91. The first kappa shape index (κ1) is 13.0. The number of rotatable bonds is 2. The van der Waals surface area contributed by atoms with Crippen LogP contribution in [0.25, 0.3) is 0 Å². The Morgan fingerprint density at radius 1 is 1.39 bits per heavy atom. The van der Waals surface area contributed by atoms with Crippen molar-refractivity contribution < 1.29 is 4.74 Å². The molecule has 1 aliphatic rings. The van der Waals surface area contributed by atoms with Gasteiger partial charge in [0.15, 0.2) is 0 Å². The Morgan fingerprint density at radius 2 is 2.17 bits per heavy atom. The maximum Gasteiger partial charge on any atom is 0.238 e. The van der Waals surface area contributed by atoms with Crippen LogP contribution < -0.4 is 15.4 Å². The molecule has 2 N–H and O–H groups in total. The van der Waals surface area contributed by atoms with Crippen LogP contribution in [0.3, 0.4) is 0 Å². The molecule has 1 aromatic rings. The lowest BCUT2D eigenvalue weighted by Crippen LogP contribution is -2.38. The second-order valence-corrected chi connectivity index (χ2v) is 4.93. The predicted octanol–water partition coefficient (Wildman–Crippen LogP) is 1.20. The Balaban J connectivity index is 2.24. The summed E-state index contributed by atoms with van der Waals surface area (Å²) in [6.45, 7) is 5.43. The largest absolute Gasteiger partial charge is 0.479 e. The van der Waals surface area contributed by atoms with Crippen molar-refractivity contribution in [1.29, 1.82) is 0 Å². The number of nitrogen functional groups attached to an aromatic ring is 1. The van der Waals surface area contributed by atoms with Gasteiger partial charge in [0.25, 0.3) is 0 Å². The van der Waals surface area contributed by atoms with Gasteiger partial charge in [0, 0.05) is 19.1 Å². The molecule has 2 heterocycles. The van der Waals surface area contributed by atoms with Crippen molar-refractivity contribution in [3.8, 4) is 5.88 Å². The number of likely N-dealkylation sites (N-methyl/N-ethyl adjacent to an activating group) is 1. The van der Waals surface area contributed by atoms with Gasteiger partial charge in [0.1, 0.15) is 5.82 Å². The first-order valence-electron chi connectivity index (χ1n) is 6.37. The lowest BCUT2D eigenvalue weighted by atomic mass is 10.2. The Labute approximate surface area is 109 Å². The fourth-order valence-electron chi connectivity index (χ4n) is 2.48. The molecule has 0 spiro atoms. The number of pyridine rings is 1. The van der Waals surface area contributed by atoms with Crippen molar-refractivity contribution in [3.05, 3.63) is 12.1 Å². The van der Waals surface area contributed by atoms with E-state index in [1.54, 1.807) is 7.11 Å².